The standard InChI is InChI=1S/C72H104BrN21O16/c1-10-19-95-51-66(104-21-12-3)36-88-30-59(75-81-88)44-97-53-68(106-23-14-5)38-90-32-61(77-83-90)46-99-55-70(108-25-16-7)40-92-34-63(79-85-92)48-101-57-72(110-27-18-9)42-94-35-64(80-87-94)49-102-56-71(109-26-17-8)41-93-33-62(78-86-93)47-100-54-69(107-24-15-6)39-91-31-60(76-84-91)45-98-52-67(105-22-13-4)37-89-29-58(74-82-89)43-96-50-65(28-73)103-20-11-2/h1,11-18,29-35,65-72H,2-9,19-28,36-57H2/t65-,66-,67+,68+,69+,70+,71+,72+/m0/s1. The molecule has 0 N–H and O–H groups in total. The normalized spacial score (nSPS) is 13.8. The average molecular weight is 1600 g/mol. The first-order chi connectivity index (χ1) is 54.0. The Morgan fingerprint density at radius 2 is 0.445 bits per heavy atom. The number of halogens is 1. The number of ether oxygens (including phenoxy) is 16. The molecule has 0 aliphatic heterocycles. The maximum Gasteiger partial charge on any atom is 0.108 e. The lowest BCUT2D eigenvalue weighted by molar-refractivity contribution is -0.0228. The van der Waals surface area contributed by atoms with Crippen molar-refractivity contribution in [3.05, 3.63) is 184 Å². The molecule has 7 aromatic rings. The maximum atomic E-state index is 6.10. The van der Waals surface area contributed by atoms with Gasteiger partial charge in [0, 0.05) is 5.33 Å². The van der Waals surface area contributed by atoms with E-state index in [1.807, 2.05) is 6.20 Å². The monoisotopic (exact) mass is 1600 g/mol. The lowest BCUT2D eigenvalue weighted by Crippen LogP contribution is -2.26. The Hall–Kier alpha value is -8.70. The Morgan fingerprint density at radius 1 is 0.282 bits per heavy atom. The summed E-state index contributed by atoms with van der Waals surface area (Å²) in [6.45, 7) is 38.9. The molecule has 0 spiro atoms. The smallest absolute Gasteiger partial charge is 0.108 e. The molecule has 600 valence electrons. The SMILES string of the molecule is C#CCOC[C@H](Cn1cc(COC[C@@H](Cn2cc(COC[C@@H](Cn3cc(COC[C@@H](Cn4cc(COC[C@@H](Cn5cc(COC[C@@H](Cn6cc(COC[C@@H](Cn7cc(COC[C@H](CBr)OCC=C)nn7)OCC=C)nn6)OCC=C)nn5)OCC=C)nn4)OCC=C)nn3)OCC=C)nn2)OCC=C)nn1)OCC=C. The van der Waals surface area contributed by atoms with Crippen molar-refractivity contribution < 1.29 is 75.8 Å². The summed E-state index contributed by atoms with van der Waals surface area (Å²) in [5.74, 6) is 2.45. The molecule has 0 unspecified atom stereocenters. The van der Waals surface area contributed by atoms with E-state index in [0.717, 1.165) is 0 Å². The molecule has 7 rings (SSSR count). The van der Waals surface area contributed by atoms with Crippen LogP contribution in [0.4, 0.5) is 0 Å². The van der Waals surface area contributed by atoms with Crippen LogP contribution in [0.3, 0.4) is 0 Å². The predicted molar refractivity (Wildman–Crippen MR) is 401 cm³/mol. The fourth-order valence-electron chi connectivity index (χ4n) is 10.1. The van der Waals surface area contributed by atoms with E-state index in [4.69, 9.17) is 82.2 Å². The molecule has 0 aromatic carbocycles. The van der Waals surface area contributed by atoms with Gasteiger partial charge < -0.3 is 75.8 Å². The Balaban J connectivity index is 0.784. The summed E-state index contributed by atoms with van der Waals surface area (Å²) in [6.07, 6.45) is 28.5. The molecule has 7 heterocycles. The lowest BCUT2D eigenvalue weighted by Gasteiger charge is -2.17. The van der Waals surface area contributed by atoms with Gasteiger partial charge in [-0.25, -0.2) is 32.8 Å². The van der Waals surface area contributed by atoms with Crippen LogP contribution >= 0.6 is 15.9 Å². The second kappa shape index (κ2) is 54.0. The fraction of sp³-hybridized carbons (Fsp3) is 0.556. The van der Waals surface area contributed by atoms with Gasteiger partial charge in [-0.2, -0.15) is 0 Å². The van der Waals surface area contributed by atoms with Gasteiger partial charge in [-0.05, 0) is 0 Å². The molecular formula is C72H104BrN21O16. The summed E-state index contributed by atoms with van der Waals surface area (Å²) in [4.78, 5) is 0. The highest BCUT2D eigenvalue weighted by Gasteiger charge is 2.22. The van der Waals surface area contributed by atoms with Crippen LogP contribution in [0, 0.1) is 12.3 Å². The molecule has 0 aliphatic rings. The van der Waals surface area contributed by atoms with E-state index in [1.54, 1.807) is 119 Å². The highest BCUT2D eigenvalue weighted by atomic mass is 79.9. The second-order valence-corrected chi connectivity index (χ2v) is 25.1. The summed E-state index contributed by atoms with van der Waals surface area (Å²) < 4.78 is 107. The third-order valence-corrected chi connectivity index (χ3v) is 15.7. The minimum absolute atomic E-state index is 0.107. The number of alkyl halides is 1. The van der Waals surface area contributed by atoms with Gasteiger partial charge in [0.1, 0.15) is 89.2 Å². The molecule has 7 aromatic heterocycles. The largest absolute Gasteiger partial charge is 0.372 e. The molecule has 38 heteroatoms. The van der Waals surface area contributed by atoms with Crippen molar-refractivity contribution in [3.63, 3.8) is 0 Å². The van der Waals surface area contributed by atoms with Crippen molar-refractivity contribution in [1.29, 1.82) is 0 Å². The van der Waals surface area contributed by atoms with Crippen LogP contribution in [-0.2, 0) is 168 Å². The molecular weight excluding hydrogens is 1490 g/mol. The fourth-order valence-corrected chi connectivity index (χ4v) is 10.5. The van der Waals surface area contributed by atoms with Crippen LogP contribution in [0.5, 0.6) is 0 Å². The van der Waals surface area contributed by atoms with Gasteiger partial charge in [0.2, 0.25) is 0 Å². The van der Waals surface area contributed by atoms with Crippen molar-refractivity contribution in [2.75, 3.05) is 118 Å². The summed E-state index contributed by atoms with van der Waals surface area (Å²) in [7, 11) is 0. The highest BCUT2D eigenvalue weighted by molar-refractivity contribution is 9.09. The van der Waals surface area contributed by atoms with E-state index in [2.05, 4.69) is 147 Å². The zero-order valence-electron chi connectivity index (χ0n) is 62.4. The lowest BCUT2D eigenvalue weighted by atomic mass is 10.3. The number of terminal acetylenes is 1. The molecule has 0 saturated heterocycles. The van der Waals surface area contributed by atoms with Gasteiger partial charge in [-0.15, -0.1) is 94.7 Å². The summed E-state index contributed by atoms with van der Waals surface area (Å²) in [5.41, 5.74) is 4.35. The molecule has 0 fully saturated rings. The van der Waals surface area contributed by atoms with Crippen molar-refractivity contribution in [2.24, 2.45) is 0 Å². The van der Waals surface area contributed by atoms with Crippen molar-refractivity contribution in [2.45, 2.75) is 141 Å². The van der Waals surface area contributed by atoms with Gasteiger partial charge in [0.15, 0.2) is 0 Å². The van der Waals surface area contributed by atoms with E-state index in [-0.39, 0.29) is 117 Å². The molecule has 0 aliphatic carbocycles. The van der Waals surface area contributed by atoms with Gasteiger partial charge in [-0.1, -0.05) is 107 Å². The van der Waals surface area contributed by atoms with Crippen LogP contribution in [0.2, 0.25) is 0 Å². The molecule has 8 atom stereocenters. The van der Waals surface area contributed by atoms with Crippen LogP contribution in [0.25, 0.3) is 0 Å². The molecule has 0 saturated carbocycles. The summed E-state index contributed by atoms with van der Waals surface area (Å²) >= 11 is 3.45. The quantitative estimate of drug-likeness (QED) is 0.0222. The van der Waals surface area contributed by atoms with E-state index < -0.39 is 24.4 Å². The zero-order valence-corrected chi connectivity index (χ0v) is 64.0. The van der Waals surface area contributed by atoms with E-state index >= 15 is 0 Å². The van der Waals surface area contributed by atoms with E-state index in [9.17, 15) is 0 Å². The van der Waals surface area contributed by atoms with E-state index in [0.29, 0.717) is 157 Å². The first-order valence-electron chi connectivity index (χ1n) is 35.7. The van der Waals surface area contributed by atoms with Crippen LogP contribution in [0.15, 0.2) is 145 Å². The van der Waals surface area contributed by atoms with Crippen LogP contribution in [0.1, 0.15) is 39.9 Å². The third-order valence-electron chi connectivity index (χ3n) is 15.0. The maximum absolute atomic E-state index is 6.10. The molecule has 0 bridgehead atoms. The first-order valence-corrected chi connectivity index (χ1v) is 36.8. The molecule has 0 radical (unpaired) electrons. The zero-order chi connectivity index (χ0) is 77.9. The van der Waals surface area contributed by atoms with Crippen molar-refractivity contribution in [1.82, 2.24) is 105 Å². The predicted octanol–water partition coefficient (Wildman–Crippen LogP) is 4.26. The first kappa shape index (κ1) is 88.5. The molecule has 110 heavy (non-hydrogen) atoms. The molecule has 0 amide bonds. The van der Waals surface area contributed by atoms with Crippen LogP contribution in [-0.4, -0.2) is 271 Å². The number of hydrogen-bond donors (Lipinski definition) is 0. The summed E-state index contributed by atoms with van der Waals surface area (Å²) in [6, 6.07) is 0. The third kappa shape index (κ3) is 36.0. The summed E-state index contributed by atoms with van der Waals surface area (Å²) in [5, 5.41) is 60.8. The number of rotatable bonds is 70. The Bertz CT molecular complexity index is 3740. The minimum Gasteiger partial charge on any atom is -0.372 e. The second-order valence-electron chi connectivity index (χ2n) is 24.5. The topological polar surface area (TPSA) is 363 Å². The average Bonchev–Trinajstić information content (AvgIpc) is 1.79. The highest BCUT2D eigenvalue weighted by Crippen LogP contribution is 2.13. The Labute approximate surface area is 649 Å². The van der Waals surface area contributed by atoms with Gasteiger partial charge >= 0.3 is 0 Å². The number of hydrogen-bond acceptors (Lipinski definition) is 30. The van der Waals surface area contributed by atoms with Gasteiger partial charge in [-0.3, -0.25) is 0 Å². The Morgan fingerprint density at radius 3 is 0.609 bits per heavy atom. The number of aromatic nitrogens is 21. The van der Waals surface area contributed by atoms with Gasteiger partial charge in [0.05, 0.1) is 247 Å². The Kier molecular flexibility index (Phi) is 43.5. The van der Waals surface area contributed by atoms with Crippen LogP contribution < -0.4 is 0 Å². The molecule has 37 nitrogen and oxygen atoms in total. The van der Waals surface area contributed by atoms with Crippen molar-refractivity contribution in [3.8, 4) is 12.3 Å². The minimum atomic E-state index is -0.411. The number of nitrogens with zero attached hydrogens (tertiary/aromatic N) is 21. The van der Waals surface area contributed by atoms with E-state index in [1.165, 1.54) is 0 Å². The van der Waals surface area contributed by atoms with Gasteiger partial charge in [0.25, 0.3) is 0 Å². The van der Waals surface area contributed by atoms with Crippen molar-refractivity contribution >= 4 is 15.9 Å².